The van der Waals surface area contributed by atoms with Gasteiger partial charge in [-0.1, -0.05) is 83.0 Å². The van der Waals surface area contributed by atoms with E-state index < -0.39 is 11.7 Å². The van der Waals surface area contributed by atoms with Gasteiger partial charge in [-0.15, -0.1) is 10.2 Å². The first kappa shape index (κ1) is 25.2. The van der Waals surface area contributed by atoms with Crippen LogP contribution in [0.5, 0.6) is 0 Å². The molecule has 4 aromatic rings. The van der Waals surface area contributed by atoms with Gasteiger partial charge >= 0.3 is 0 Å². The monoisotopic (exact) mass is 548 g/mol. The Morgan fingerprint density at radius 2 is 1.69 bits per heavy atom. The molecular weight excluding hydrogens is 534 g/mol. The van der Waals surface area contributed by atoms with Gasteiger partial charge in [0.1, 0.15) is 5.82 Å². The van der Waals surface area contributed by atoms with Gasteiger partial charge in [0.05, 0.1) is 38.6 Å². The van der Waals surface area contributed by atoms with Gasteiger partial charge < -0.3 is 5.32 Å². The molecule has 1 N–H and O–H groups in total. The van der Waals surface area contributed by atoms with Crippen molar-refractivity contribution in [3.63, 3.8) is 0 Å². The SMILES string of the molecule is O=C(CSc1nnc(CNC(=O)c2c(F)cccc2Cl)n1-c1ccc(Cl)c(Cl)c1)c1ccccc1. The lowest BCUT2D eigenvalue weighted by molar-refractivity contribution is 0.0945. The molecule has 1 heterocycles. The van der Waals surface area contributed by atoms with Gasteiger partial charge in [0.25, 0.3) is 5.91 Å². The molecule has 35 heavy (non-hydrogen) atoms. The molecule has 0 fully saturated rings. The van der Waals surface area contributed by atoms with Crippen molar-refractivity contribution in [1.82, 2.24) is 20.1 Å². The van der Waals surface area contributed by atoms with Crippen LogP contribution in [0, 0.1) is 5.82 Å². The maximum atomic E-state index is 14.1. The first-order valence-corrected chi connectivity index (χ1v) is 12.3. The number of hydrogen-bond donors (Lipinski definition) is 1. The van der Waals surface area contributed by atoms with E-state index in [9.17, 15) is 14.0 Å². The zero-order valence-corrected chi connectivity index (χ0v) is 20.9. The van der Waals surface area contributed by atoms with Crippen LogP contribution in [0.1, 0.15) is 26.5 Å². The third-order valence-electron chi connectivity index (χ3n) is 4.89. The van der Waals surface area contributed by atoms with Gasteiger partial charge in [0, 0.05) is 5.56 Å². The van der Waals surface area contributed by atoms with Crippen LogP contribution in [0.25, 0.3) is 5.69 Å². The third kappa shape index (κ3) is 5.85. The number of amides is 1. The van der Waals surface area contributed by atoms with Gasteiger partial charge in [0.15, 0.2) is 16.8 Å². The van der Waals surface area contributed by atoms with E-state index in [-0.39, 0.29) is 28.7 Å². The maximum Gasteiger partial charge on any atom is 0.256 e. The van der Waals surface area contributed by atoms with Crippen molar-refractivity contribution >= 4 is 58.3 Å². The van der Waals surface area contributed by atoms with Crippen LogP contribution in [0.15, 0.2) is 71.9 Å². The second kappa shape index (κ2) is 11.2. The van der Waals surface area contributed by atoms with E-state index in [1.165, 1.54) is 23.9 Å². The Bertz CT molecular complexity index is 1380. The Balaban J connectivity index is 1.60. The predicted octanol–water partition coefficient (Wildman–Crippen LogP) is 6.27. The number of aromatic nitrogens is 3. The Kier molecular flexibility index (Phi) is 8.07. The predicted molar refractivity (Wildman–Crippen MR) is 135 cm³/mol. The van der Waals surface area contributed by atoms with Gasteiger partial charge in [-0.3, -0.25) is 14.2 Å². The minimum absolute atomic E-state index is 0.0101. The van der Waals surface area contributed by atoms with E-state index in [4.69, 9.17) is 34.8 Å². The number of nitrogens with one attached hydrogen (secondary N) is 1. The Hall–Kier alpha value is -2.91. The average Bonchev–Trinajstić information content (AvgIpc) is 3.26. The normalized spacial score (nSPS) is 10.9. The quantitative estimate of drug-likeness (QED) is 0.207. The highest BCUT2D eigenvalue weighted by atomic mass is 35.5. The van der Waals surface area contributed by atoms with E-state index in [1.54, 1.807) is 47.0 Å². The lowest BCUT2D eigenvalue weighted by Crippen LogP contribution is -2.26. The van der Waals surface area contributed by atoms with Gasteiger partial charge in [-0.05, 0) is 30.3 Å². The molecule has 4 rings (SSSR count). The smallest absolute Gasteiger partial charge is 0.256 e. The highest BCUT2D eigenvalue weighted by Crippen LogP contribution is 2.28. The summed E-state index contributed by atoms with van der Waals surface area (Å²) in [5, 5.41) is 12.0. The molecule has 1 aromatic heterocycles. The fraction of sp³-hybridized carbons (Fsp3) is 0.0833. The van der Waals surface area contributed by atoms with Crippen LogP contribution in [0.3, 0.4) is 0 Å². The molecule has 178 valence electrons. The number of ketones is 1. The lowest BCUT2D eigenvalue weighted by atomic mass is 10.2. The molecule has 0 atom stereocenters. The van der Waals surface area contributed by atoms with Crippen LogP contribution in [0.2, 0.25) is 15.1 Å². The summed E-state index contributed by atoms with van der Waals surface area (Å²) in [6.45, 7) is -0.0933. The lowest BCUT2D eigenvalue weighted by Gasteiger charge is -2.12. The topological polar surface area (TPSA) is 76.9 Å². The van der Waals surface area contributed by atoms with Gasteiger partial charge in [-0.2, -0.15) is 0 Å². The Labute approximate surface area is 219 Å². The Morgan fingerprint density at radius 1 is 0.914 bits per heavy atom. The fourth-order valence-corrected chi connectivity index (χ4v) is 4.60. The molecular formula is C24H16Cl3FN4O2S. The minimum atomic E-state index is -0.739. The molecule has 0 spiro atoms. The molecule has 6 nitrogen and oxygen atoms in total. The van der Waals surface area contributed by atoms with Crippen molar-refractivity contribution in [3.8, 4) is 5.69 Å². The number of carbonyl (C=O) groups excluding carboxylic acids is 2. The van der Waals surface area contributed by atoms with Crippen molar-refractivity contribution < 1.29 is 14.0 Å². The molecule has 0 aliphatic rings. The average molecular weight is 550 g/mol. The van der Waals surface area contributed by atoms with Crippen molar-refractivity contribution in [2.24, 2.45) is 0 Å². The highest BCUT2D eigenvalue weighted by molar-refractivity contribution is 7.99. The molecule has 0 radical (unpaired) electrons. The fourth-order valence-electron chi connectivity index (χ4n) is 3.19. The van der Waals surface area contributed by atoms with Gasteiger partial charge in [0.2, 0.25) is 0 Å². The Morgan fingerprint density at radius 3 is 2.40 bits per heavy atom. The molecule has 0 saturated carbocycles. The number of rotatable bonds is 8. The van der Waals surface area contributed by atoms with Crippen LogP contribution in [0.4, 0.5) is 4.39 Å². The zero-order valence-electron chi connectivity index (χ0n) is 17.8. The van der Waals surface area contributed by atoms with Crippen LogP contribution in [-0.2, 0) is 6.54 Å². The largest absolute Gasteiger partial charge is 0.345 e. The number of Topliss-reactive ketones (excluding diaryl/α,β-unsaturated/α-hetero) is 1. The molecule has 0 bridgehead atoms. The van der Waals surface area contributed by atoms with E-state index in [0.29, 0.717) is 32.3 Å². The summed E-state index contributed by atoms with van der Waals surface area (Å²) in [6.07, 6.45) is 0. The summed E-state index contributed by atoms with van der Waals surface area (Å²) in [6, 6.07) is 17.8. The van der Waals surface area contributed by atoms with Crippen molar-refractivity contribution in [1.29, 1.82) is 0 Å². The second-order valence-corrected chi connectivity index (χ2v) is 9.35. The molecule has 0 aliphatic carbocycles. The first-order valence-electron chi connectivity index (χ1n) is 10.2. The number of halogens is 4. The zero-order chi connectivity index (χ0) is 24.9. The molecule has 0 unspecified atom stereocenters. The van der Waals surface area contributed by atoms with E-state index >= 15 is 0 Å². The molecule has 0 aliphatic heterocycles. The van der Waals surface area contributed by atoms with Crippen LogP contribution >= 0.6 is 46.6 Å². The van der Waals surface area contributed by atoms with Crippen LogP contribution < -0.4 is 5.32 Å². The highest BCUT2D eigenvalue weighted by Gasteiger charge is 2.20. The molecule has 3 aromatic carbocycles. The minimum Gasteiger partial charge on any atom is -0.345 e. The summed E-state index contributed by atoms with van der Waals surface area (Å²) in [5.41, 5.74) is 0.889. The standard InChI is InChI=1S/C24H16Cl3FN4O2S/c25-16-10-9-15(11-18(16)27)32-21(12-29-23(34)22-17(26)7-4-8-19(22)28)30-31-24(32)35-13-20(33)14-5-2-1-3-6-14/h1-11H,12-13H2,(H,29,34). The number of thioether (sulfide) groups is 1. The van der Waals surface area contributed by atoms with E-state index in [1.807, 2.05) is 6.07 Å². The number of benzene rings is 3. The number of carbonyl (C=O) groups is 2. The van der Waals surface area contributed by atoms with E-state index in [0.717, 1.165) is 6.07 Å². The first-order chi connectivity index (χ1) is 16.8. The number of nitrogens with zero attached hydrogens (tertiary/aromatic N) is 3. The summed E-state index contributed by atoms with van der Waals surface area (Å²) < 4.78 is 15.8. The third-order valence-corrected chi connectivity index (χ3v) is 6.87. The molecule has 1 amide bonds. The summed E-state index contributed by atoms with van der Waals surface area (Å²) >= 11 is 19.5. The second-order valence-electron chi connectivity index (χ2n) is 7.19. The van der Waals surface area contributed by atoms with Crippen molar-refractivity contribution in [2.45, 2.75) is 11.7 Å². The van der Waals surface area contributed by atoms with Crippen LogP contribution in [-0.4, -0.2) is 32.2 Å². The van der Waals surface area contributed by atoms with Crippen molar-refractivity contribution in [2.75, 3.05) is 5.75 Å². The van der Waals surface area contributed by atoms with Gasteiger partial charge in [-0.25, -0.2) is 4.39 Å². The van der Waals surface area contributed by atoms with E-state index in [2.05, 4.69) is 15.5 Å². The summed E-state index contributed by atoms with van der Waals surface area (Å²) in [4.78, 5) is 25.2. The summed E-state index contributed by atoms with van der Waals surface area (Å²) in [7, 11) is 0. The summed E-state index contributed by atoms with van der Waals surface area (Å²) in [5.74, 6) is -1.08. The maximum absolute atomic E-state index is 14.1. The van der Waals surface area contributed by atoms with Crippen molar-refractivity contribution in [3.05, 3.63) is 105 Å². The molecule has 0 saturated heterocycles. The molecule has 11 heteroatoms. The number of hydrogen-bond acceptors (Lipinski definition) is 5.